The first-order valence-corrected chi connectivity index (χ1v) is 8.77. The Hall–Kier alpha value is -0.0800. The van der Waals surface area contributed by atoms with Crippen LogP contribution in [-0.2, 0) is 4.74 Å². The van der Waals surface area contributed by atoms with Crippen LogP contribution in [-0.4, -0.2) is 62.8 Å². The Labute approximate surface area is 160 Å². The van der Waals surface area contributed by atoms with Gasteiger partial charge in [0.05, 0.1) is 0 Å². The van der Waals surface area contributed by atoms with E-state index in [1.807, 2.05) is 14.0 Å². The summed E-state index contributed by atoms with van der Waals surface area (Å²) >= 11 is 0. The summed E-state index contributed by atoms with van der Waals surface area (Å²) in [4.78, 5) is 6.91. The Bertz CT molecular complexity index is 337. The summed E-state index contributed by atoms with van der Waals surface area (Å²) in [6.45, 7) is 14.8. The van der Waals surface area contributed by atoms with E-state index in [0.29, 0.717) is 0 Å². The molecule has 1 fully saturated rings. The van der Waals surface area contributed by atoms with Gasteiger partial charge in [0.2, 0.25) is 0 Å². The predicted octanol–water partition coefficient (Wildman–Crippen LogP) is 2.71. The minimum absolute atomic E-state index is 0. The zero-order valence-electron chi connectivity index (χ0n) is 15.7. The normalized spacial score (nSPS) is 20.0. The number of aliphatic imine (C=N–C) groups is 1. The van der Waals surface area contributed by atoms with Gasteiger partial charge in [-0.1, -0.05) is 6.92 Å². The smallest absolute Gasteiger partial charge is 0.191 e. The number of nitrogens with one attached hydrogen (secondary N) is 2. The van der Waals surface area contributed by atoms with Crippen molar-refractivity contribution in [3.05, 3.63) is 0 Å². The summed E-state index contributed by atoms with van der Waals surface area (Å²) in [6.07, 6.45) is 3.68. The lowest BCUT2D eigenvalue weighted by molar-refractivity contribution is 0.0739. The standard InChI is InChI=1S/C17H36N4O.HI/c1-6-22-12-8-10-19-16(18-5)20-14-17(3,4)21-11-7-9-15(2)13-21;/h15H,6-14H2,1-5H3,(H2,18,19,20);1H. The molecule has 23 heavy (non-hydrogen) atoms. The molecule has 0 saturated carbocycles. The van der Waals surface area contributed by atoms with Crippen LogP contribution >= 0.6 is 24.0 Å². The first-order valence-electron chi connectivity index (χ1n) is 8.77. The first kappa shape index (κ1) is 22.9. The number of halogens is 1. The van der Waals surface area contributed by atoms with E-state index in [2.05, 4.69) is 41.3 Å². The molecule has 6 heteroatoms. The van der Waals surface area contributed by atoms with Gasteiger partial charge in [0.15, 0.2) is 5.96 Å². The van der Waals surface area contributed by atoms with Gasteiger partial charge in [-0.05, 0) is 52.5 Å². The van der Waals surface area contributed by atoms with E-state index in [1.54, 1.807) is 0 Å². The second-order valence-corrected chi connectivity index (χ2v) is 6.91. The third-order valence-electron chi connectivity index (χ3n) is 4.39. The SMILES string of the molecule is CCOCCCNC(=NC)NCC(C)(C)N1CCCC(C)C1.I. The molecular weight excluding hydrogens is 403 g/mol. The highest BCUT2D eigenvalue weighted by Crippen LogP contribution is 2.23. The van der Waals surface area contributed by atoms with Crippen LogP contribution in [0.25, 0.3) is 0 Å². The molecule has 0 spiro atoms. The van der Waals surface area contributed by atoms with Crippen molar-refractivity contribution in [1.82, 2.24) is 15.5 Å². The summed E-state index contributed by atoms with van der Waals surface area (Å²) in [5.41, 5.74) is 0.150. The van der Waals surface area contributed by atoms with Crippen molar-refractivity contribution in [1.29, 1.82) is 0 Å². The van der Waals surface area contributed by atoms with Crippen LogP contribution in [0.5, 0.6) is 0 Å². The maximum absolute atomic E-state index is 5.35. The van der Waals surface area contributed by atoms with Crippen molar-refractivity contribution in [3.8, 4) is 0 Å². The third-order valence-corrected chi connectivity index (χ3v) is 4.39. The average molecular weight is 440 g/mol. The van der Waals surface area contributed by atoms with Crippen LogP contribution in [0.4, 0.5) is 0 Å². The predicted molar refractivity (Wildman–Crippen MR) is 110 cm³/mol. The molecule has 1 aliphatic heterocycles. The lowest BCUT2D eigenvalue weighted by Gasteiger charge is -2.43. The topological polar surface area (TPSA) is 48.9 Å². The highest BCUT2D eigenvalue weighted by molar-refractivity contribution is 14.0. The molecule has 138 valence electrons. The maximum atomic E-state index is 5.35. The van der Waals surface area contributed by atoms with E-state index >= 15 is 0 Å². The van der Waals surface area contributed by atoms with Gasteiger partial charge >= 0.3 is 0 Å². The molecule has 1 rings (SSSR count). The minimum Gasteiger partial charge on any atom is -0.382 e. The lowest BCUT2D eigenvalue weighted by atomic mass is 9.93. The quantitative estimate of drug-likeness (QED) is 0.264. The fourth-order valence-electron chi connectivity index (χ4n) is 2.90. The largest absolute Gasteiger partial charge is 0.382 e. The van der Waals surface area contributed by atoms with Gasteiger partial charge in [-0.15, -0.1) is 24.0 Å². The van der Waals surface area contributed by atoms with Crippen LogP contribution in [0.3, 0.4) is 0 Å². The maximum Gasteiger partial charge on any atom is 0.191 e. The van der Waals surface area contributed by atoms with Crippen molar-refractivity contribution in [2.75, 3.05) is 46.4 Å². The molecular formula is C17H37IN4O. The number of ether oxygens (including phenoxy) is 1. The molecule has 1 heterocycles. The Morgan fingerprint density at radius 3 is 2.70 bits per heavy atom. The Kier molecular flexibility index (Phi) is 12.3. The van der Waals surface area contributed by atoms with Crippen LogP contribution in [0.2, 0.25) is 0 Å². The number of hydrogen-bond donors (Lipinski definition) is 2. The van der Waals surface area contributed by atoms with Crippen molar-refractivity contribution >= 4 is 29.9 Å². The minimum atomic E-state index is 0. The fraction of sp³-hybridized carbons (Fsp3) is 0.941. The van der Waals surface area contributed by atoms with Crippen molar-refractivity contribution in [2.45, 2.75) is 52.5 Å². The molecule has 0 aromatic carbocycles. The van der Waals surface area contributed by atoms with E-state index in [9.17, 15) is 0 Å². The van der Waals surface area contributed by atoms with E-state index in [0.717, 1.165) is 44.6 Å². The molecule has 0 bridgehead atoms. The summed E-state index contributed by atoms with van der Waals surface area (Å²) in [5, 5.41) is 6.82. The first-order chi connectivity index (χ1) is 10.5. The van der Waals surface area contributed by atoms with Gasteiger partial charge in [0, 0.05) is 45.4 Å². The monoisotopic (exact) mass is 440 g/mol. The molecule has 1 atom stereocenters. The zero-order valence-corrected chi connectivity index (χ0v) is 18.0. The van der Waals surface area contributed by atoms with Crippen molar-refractivity contribution in [3.63, 3.8) is 0 Å². The van der Waals surface area contributed by atoms with E-state index in [4.69, 9.17) is 4.74 Å². The lowest BCUT2D eigenvalue weighted by Crippen LogP contribution is -2.56. The molecule has 0 aromatic rings. The highest BCUT2D eigenvalue weighted by atomic mass is 127. The second-order valence-electron chi connectivity index (χ2n) is 6.91. The third kappa shape index (κ3) is 9.10. The number of guanidine groups is 1. The van der Waals surface area contributed by atoms with Crippen molar-refractivity contribution in [2.24, 2.45) is 10.9 Å². The van der Waals surface area contributed by atoms with Crippen LogP contribution in [0, 0.1) is 5.92 Å². The van der Waals surface area contributed by atoms with Crippen molar-refractivity contribution < 1.29 is 4.74 Å². The van der Waals surface area contributed by atoms with Crippen LogP contribution < -0.4 is 10.6 Å². The highest BCUT2D eigenvalue weighted by Gasteiger charge is 2.30. The van der Waals surface area contributed by atoms with Gasteiger partial charge in [0.1, 0.15) is 0 Å². The molecule has 1 aliphatic rings. The van der Waals surface area contributed by atoms with Gasteiger partial charge in [-0.3, -0.25) is 9.89 Å². The zero-order chi connectivity index (χ0) is 16.4. The summed E-state index contributed by atoms with van der Waals surface area (Å²) in [5.74, 6) is 1.69. The number of hydrogen-bond acceptors (Lipinski definition) is 3. The summed E-state index contributed by atoms with van der Waals surface area (Å²) < 4.78 is 5.35. The van der Waals surface area contributed by atoms with Gasteiger partial charge in [0.25, 0.3) is 0 Å². The average Bonchev–Trinajstić information content (AvgIpc) is 2.50. The summed E-state index contributed by atoms with van der Waals surface area (Å²) in [7, 11) is 1.83. The molecule has 0 radical (unpaired) electrons. The number of likely N-dealkylation sites (tertiary alicyclic amines) is 1. The van der Waals surface area contributed by atoms with Gasteiger partial charge in [-0.25, -0.2) is 0 Å². The Balaban J connectivity index is 0.00000484. The Morgan fingerprint density at radius 2 is 2.09 bits per heavy atom. The number of rotatable bonds is 8. The van der Waals surface area contributed by atoms with E-state index in [1.165, 1.54) is 25.9 Å². The molecule has 0 aliphatic carbocycles. The second kappa shape index (κ2) is 12.3. The van der Waals surface area contributed by atoms with E-state index in [-0.39, 0.29) is 29.5 Å². The number of piperidine rings is 1. The van der Waals surface area contributed by atoms with Gasteiger partial charge in [-0.2, -0.15) is 0 Å². The molecule has 2 N–H and O–H groups in total. The molecule has 1 saturated heterocycles. The number of nitrogens with zero attached hydrogens (tertiary/aromatic N) is 2. The van der Waals surface area contributed by atoms with Crippen LogP contribution in [0.1, 0.15) is 47.0 Å². The molecule has 1 unspecified atom stereocenters. The van der Waals surface area contributed by atoms with Crippen LogP contribution in [0.15, 0.2) is 4.99 Å². The Morgan fingerprint density at radius 1 is 1.35 bits per heavy atom. The van der Waals surface area contributed by atoms with Gasteiger partial charge < -0.3 is 15.4 Å². The summed E-state index contributed by atoms with van der Waals surface area (Å²) in [6, 6.07) is 0. The molecule has 0 amide bonds. The van der Waals surface area contributed by atoms with E-state index < -0.39 is 0 Å². The molecule has 5 nitrogen and oxygen atoms in total. The molecule has 0 aromatic heterocycles. The fourth-order valence-corrected chi connectivity index (χ4v) is 2.90.